The molecule has 124 valence electrons. The van der Waals surface area contributed by atoms with Gasteiger partial charge in [-0.25, -0.2) is 0 Å². The summed E-state index contributed by atoms with van der Waals surface area (Å²) in [7, 11) is 0. The number of nitrogens with one attached hydrogen (secondary N) is 1. The zero-order valence-corrected chi connectivity index (χ0v) is 14.0. The number of nitrogens with zero attached hydrogens (tertiary/aromatic N) is 1. The van der Waals surface area contributed by atoms with E-state index in [2.05, 4.69) is 5.32 Å². The van der Waals surface area contributed by atoms with Gasteiger partial charge in [0.2, 0.25) is 5.91 Å². The average Bonchev–Trinajstić information content (AvgIpc) is 2.59. The third-order valence-electron chi connectivity index (χ3n) is 4.22. The highest BCUT2D eigenvalue weighted by Crippen LogP contribution is 2.19. The molecule has 2 amide bonds. The zero-order chi connectivity index (χ0) is 16.7. The van der Waals surface area contributed by atoms with Crippen LogP contribution in [-0.2, 0) is 4.79 Å². The number of carbonyl (C=O) groups is 2. The van der Waals surface area contributed by atoms with Crippen LogP contribution in [0.5, 0.6) is 0 Å². The maximum absolute atomic E-state index is 12.6. The van der Waals surface area contributed by atoms with Crippen LogP contribution in [-0.4, -0.2) is 36.3 Å². The summed E-state index contributed by atoms with van der Waals surface area (Å²) in [5, 5.41) is 2.97. The fourth-order valence-corrected chi connectivity index (χ4v) is 2.84. The van der Waals surface area contributed by atoms with E-state index in [1.54, 1.807) is 0 Å². The molecular weight excluding hydrogens is 288 g/mol. The van der Waals surface area contributed by atoms with Gasteiger partial charge in [0, 0.05) is 25.2 Å². The van der Waals surface area contributed by atoms with Crippen LogP contribution in [0.3, 0.4) is 0 Å². The van der Waals surface area contributed by atoms with Crippen molar-refractivity contribution in [3.8, 4) is 0 Å². The van der Waals surface area contributed by atoms with Gasteiger partial charge in [-0.1, -0.05) is 29.8 Å². The lowest BCUT2D eigenvalue weighted by Crippen LogP contribution is -2.45. The summed E-state index contributed by atoms with van der Waals surface area (Å²) < 4.78 is 0. The van der Waals surface area contributed by atoms with Crippen LogP contribution in [0.25, 0.3) is 0 Å². The van der Waals surface area contributed by atoms with Gasteiger partial charge >= 0.3 is 0 Å². The van der Waals surface area contributed by atoms with Gasteiger partial charge in [-0.05, 0) is 45.2 Å². The second-order valence-electron chi connectivity index (χ2n) is 6.11. The van der Waals surface area contributed by atoms with Crippen LogP contribution in [0.2, 0.25) is 0 Å². The summed E-state index contributed by atoms with van der Waals surface area (Å²) in [4.78, 5) is 26.6. The van der Waals surface area contributed by atoms with Gasteiger partial charge in [0.15, 0.2) is 0 Å². The van der Waals surface area contributed by atoms with Crippen LogP contribution < -0.4 is 5.32 Å². The number of hydrogen-bond donors (Lipinski definition) is 1. The molecule has 1 aromatic carbocycles. The van der Waals surface area contributed by atoms with E-state index in [4.69, 9.17) is 0 Å². The number of piperidine rings is 1. The molecule has 1 aromatic rings. The molecule has 0 saturated carbocycles. The zero-order valence-electron chi connectivity index (χ0n) is 14.0. The Kier molecular flexibility index (Phi) is 6.39. The number of carbonyl (C=O) groups excluding carboxylic acids is 2. The Morgan fingerprint density at radius 1 is 1.30 bits per heavy atom. The monoisotopic (exact) mass is 314 g/mol. The molecule has 1 N–H and O–H groups in total. The van der Waals surface area contributed by atoms with Crippen molar-refractivity contribution in [2.45, 2.75) is 33.1 Å². The van der Waals surface area contributed by atoms with Crippen LogP contribution in [0.1, 0.15) is 42.1 Å². The minimum absolute atomic E-state index is 0.0245. The Morgan fingerprint density at radius 3 is 2.74 bits per heavy atom. The predicted molar refractivity (Wildman–Crippen MR) is 92.2 cm³/mol. The molecule has 23 heavy (non-hydrogen) atoms. The van der Waals surface area contributed by atoms with Gasteiger partial charge < -0.3 is 10.2 Å². The van der Waals surface area contributed by atoms with Crippen molar-refractivity contribution in [3.05, 3.63) is 47.5 Å². The smallest absolute Gasteiger partial charge is 0.253 e. The Hall–Kier alpha value is -2.10. The Balaban J connectivity index is 1.90. The summed E-state index contributed by atoms with van der Waals surface area (Å²) in [6.45, 7) is 5.88. The molecule has 0 aliphatic carbocycles. The van der Waals surface area contributed by atoms with Crippen molar-refractivity contribution in [1.82, 2.24) is 10.2 Å². The first kappa shape index (κ1) is 17.3. The van der Waals surface area contributed by atoms with Gasteiger partial charge in [0.05, 0.1) is 5.92 Å². The fraction of sp³-hybridized carbons (Fsp3) is 0.474. The Labute approximate surface area is 138 Å². The molecule has 1 unspecified atom stereocenters. The number of likely N-dealkylation sites (tertiary alicyclic amines) is 1. The predicted octanol–water partition coefficient (Wildman–Crippen LogP) is 2.93. The van der Waals surface area contributed by atoms with Crippen LogP contribution in [0.15, 0.2) is 36.4 Å². The number of aryl methyl sites for hydroxylation is 1. The van der Waals surface area contributed by atoms with E-state index < -0.39 is 0 Å². The minimum Gasteiger partial charge on any atom is -0.355 e. The minimum atomic E-state index is -0.0937. The summed E-state index contributed by atoms with van der Waals surface area (Å²) >= 11 is 0. The highest BCUT2D eigenvalue weighted by atomic mass is 16.2. The molecule has 2 rings (SSSR count). The Morgan fingerprint density at radius 2 is 2.04 bits per heavy atom. The largest absolute Gasteiger partial charge is 0.355 e. The summed E-state index contributed by atoms with van der Waals surface area (Å²) in [6.07, 6.45) is 6.60. The van der Waals surface area contributed by atoms with Gasteiger partial charge in [0.1, 0.15) is 0 Å². The Bertz CT molecular complexity index is 563. The number of benzene rings is 1. The normalized spacial score (nSPS) is 18.2. The molecule has 1 fully saturated rings. The van der Waals surface area contributed by atoms with Crippen molar-refractivity contribution in [3.63, 3.8) is 0 Å². The third kappa shape index (κ3) is 4.95. The topological polar surface area (TPSA) is 49.4 Å². The summed E-state index contributed by atoms with van der Waals surface area (Å²) in [6, 6.07) is 7.61. The second kappa shape index (κ2) is 8.51. The SMILES string of the molecule is C/C=C/CCNC(=O)C1CCCN(C(=O)c2ccc(C)cc2)C1. The first-order chi connectivity index (χ1) is 11.1. The third-order valence-corrected chi connectivity index (χ3v) is 4.22. The molecule has 1 saturated heterocycles. The summed E-state index contributed by atoms with van der Waals surface area (Å²) in [5.41, 5.74) is 1.84. The quantitative estimate of drug-likeness (QED) is 0.671. The van der Waals surface area contributed by atoms with Crippen molar-refractivity contribution in [2.24, 2.45) is 5.92 Å². The van der Waals surface area contributed by atoms with Crippen molar-refractivity contribution >= 4 is 11.8 Å². The van der Waals surface area contributed by atoms with Gasteiger partial charge in [0.25, 0.3) is 5.91 Å². The van der Waals surface area contributed by atoms with Gasteiger partial charge in [-0.15, -0.1) is 0 Å². The molecular formula is C19H26N2O2. The molecule has 1 aliphatic rings. The van der Waals surface area contributed by atoms with Crippen LogP contribution in [0, 0.1) is 12.8 Å². The van der Waals surface area contributed by atoms with Crippen molar-refractivity contribution < 1.29 is 9.59 Å². The van der Waals surface area contributed by atoms with E-state index in [0.717, 1.165) is 31.4 Å². The number of rotatable bonds is 5. The van der Waals surface area contributed by atoms with Crippen LogP contribution >= 0.6 is 0 Å². The standard InChI is InChI=1S/C19H26N2O2/c1-3-4-5-12-20-18(22)17-7-6-13-21(14-17)19(23)16-10-8-15(2)9-11-16/h3-4,8-11,17H,5-7,12-14H2,1-2H3,(H,20,22)/b4-3+. The van der Waals surface area contributed by atoms with Crippen LogP contribution in [0.4, 0.5) is 0 Å². The average molecular weight is 314 g/mol. The lowest BCUT2D eigenvalue weighted by Gasteiger charge is -2.32. The highest BCUT2D eigenvalue weighted by Gasteiger charge is 2.28. The van der Waals surface area contributed by atoms with Gasteiger partial charge in [-0.2, -0.15) is 0 Å². The van der Waals surface area contributed by atoms with E-state index >= 15 is 0 Å². The first-order valence-electron chi connectivity index (χ1n) is 8.36. The van der Waals surface area contributed by atoms with E-state index in [1.165, 1.54) is 0 Å². The van der Waals surface area contributed by atoms with Crippen molar-refractivity contribution in [1.29, 1.82) is 0 Å². The molecule has 4 nitrogen and oxygen atoms in total. The number of allylic oxidation sites excluding steroid dienone is 1. The molecule has 0 bridgehead atoms. The van der Waals surface area contributed by atoms with E-state index in [-0.39, 0.29) is 17.7 Å². The highest BCUT2D eigenvalue weighted by molar-refractivity contribution is 5.94. The molecule has 1 atom stereocenters. The lowest BCUT2D eigenvalue weighted by atomic mass is 9.96. The van der Waals surface area contributed by atoms with E-state index in [1.807, 2.05) is 55.2 Å². The fourth-order valence-electron chi connectivity index (χ4n) is 2.84. The van der Waals surface area contributed by atoms with E-state index in [9.17, 15) is 9.59 Å². The lowest BCUT2D eigenvalue weighted by molar-refractivity contribution is -0.126. The molecule has 1 heterocycles. The molecule has 0 aromatic heterocycles. The molecule has 0 spiro atoms. The maximum atomic E-state index is 12.6. The molecule has 4 heteroatoms. The molecule has 0 radical (unpaired) electrons. The first-order valence-corrected chi connectivity index (χ1v) is 8.36. The second-order valence-corrected chi connectivity index (χ2v) is 6.11. The molecule has 1 aliphatic heterocycles. The van der Waals surface area contributed by atoms with Crippen molar-refractivity contribution in [2.75, 3.05) is 19.6 Å². The number of hydrogen-bond acceptors (Lipinski definition) is 2. The summed E-state index contributed by atoms with van der Waals surface area (Å²) in [5.74, 6) is -0.00363. The van der Waals surface area contributed by atoms with E-state index in [0.29, 0.717) is 18.7 Å². The number of amides is 2. The van der Waals surface area contributed by atoms with Gasteiger partial charge in [-0.3, -0.25) is 9.59 Å². The maximum Gasteiger partial charge on any atom is 0.253 e.